The molecule has 0 unspecified atom stereocenters. The van der Waals surface area contributed by atoms with Gasteiger partial charge in [0.25, 0.3) is 5.91 Å². The van der Waals surface area contributed by atoms with Gasteiger partial charge >= 0.3 is 0 Å². The number of rotatable bonds is 3. The predicted octanol–water partition coefficient (Wildman–Crippen LogP) is 2.40. The summed E-state index contributed by atoms with van der Waals surface area (Å²) in [5, 5.41) is 9.53. The first-order valence-electron chi connectivity index (χ1n) is 5.82. The van der Waals surface area contributed by atoms with E-state index in [4.69, 9.17) is 0 Å². The van der Waals surface area contributed by atoms with Crippen molar-refractivity contribution in [1.82, 2.24) is 4.90 Å². The van der Waals surface area contributed by atoms with Gasteiger partial charge in [-0.25, -0.2) is 4.39 Å². The van der Waals surface area contributed by atoms with E-state index in [0.717, 1.165) is 12.8 Å². The molecule has 92 valence electrons. The maximum atomic E-state index is 13.5. The Morgan fingerprint density at radius 1 is 1.53 bits per heavy atom. The second-order valence-corrected chi connectivity index (χ2v) is 4.62. The third-order valence-corrected chi connectivity index (χ3v) is 3.31. The fourth-order valence-electron chi connectivity index (χ4n) is 2.06. The second kappa shape index (κ2) is 4.73. The second-order valence-electron chi connectivity index (χ2n) is 4.62. The molecule has 0 heterocycles. The molecule has 0 atom stereocenters. The minimum atomic E-state index is -0.671. The summed E-state index contributed by atoms with van der Waals surface area (Å²) < 4.78 is 13.5. The summed E-state index contributed by atoms with van der Waals surface area (Å²) in [5.41, 5.74) is -0.227. The molecule has 0 aliphatic heterocycles. The summed E-state index contributed by atoms with van der Waals surface area (Å²) in [6, 6.07) is 3.89. The molecule has 3 nitrogen and oxygen atoms in total. The molecule has 1 aromatic rings. The van der Waals surface area contributed by atoms with E-state index in [1.54, 1.807) is 7.05 Å². The summed E-state index contributed by atoms with van der Waals surface area (Å²) in [6.45, 7) is 0.632. The molecule has 0 saturated heterocycles. The van der Waals surface area contributed by atoms with Gasteiger partial charge in [0.05, 0.1) is 0 Å². The largest absolute Gasteiger partial charge is 0.507 e. The SMILES string of the molecule is CN(CC1CCC1)C(=O)c1c(O)cccc1F. The summed E-state index contributed by atoms with van der Waals surface area (Å²) in [6.07, 6.45) is 3.46. The highest BCUT2D eigenvalue weighted by Crippen LogP contribution is 2.28. The number of nitrogens with zero attached hydrogens (tertiary/aromatic N) is 1. The van der Waals surface area contributed by atoms with Crippen LogP contribution in [0, 0.1) is 11.7 Å². The Bertz CT molecular complexity index is 409. The number of hydrogen-bond donors (Lipinski definition) is 1. The van der Waals surface area contributed by atoms with Crippen LogP contribution in [0.5, 0.6) is 5.75 Å². The molecule has 1 aromatic carbocycles. The summed E-state index contributed by atoms with van der Waals surface area (Å²) in [7, 11) is 1.65. The van der Waals surface area contributed by atoms with Crippen LogP contribution < -0.4 is 0 Å². The van der Waals surface area contributed by atoms with Gasteiger partial charge in [0.15, 0.2) is 0 Å². The van der Waals surface area contributed by atoms with Crippen molar-refractivity contribution in [1.29, 1.82) is 0 Å². The fourth-order valence-corrected chi connectivity index (χ4v) is 2.06. The number of carbonyl (C=O) groups excluding carboxylic acids is 1. The van der Waals surface area contributed by atoms with Crippen molar-refractivity contribution in [2.75, 3.05) is 13.6 Å². The number of amides is 1. The van der Waals surface area contributed by atoms with E-state index in [2.05, 4.69) is 0 Å². The lowest BCUT2D eigenvalue weighted by molar-refractivity contribution is 0.0737. The quantitative estimate of drug-likeness (QED) is 0.877. The highest BCUT2D eigenvalue weighted by molar-refractivity contribution is 5.96. The Morgan fingerprint density at radius 3 is 2.76 bits per heavy atom. The van der Waals surface area contributed by atoms with Crippen molar-refractivity contribution in [2.45, 2.75) is 19.3 Å². The first kappa shape index (κ1) is 11.9. The van der Waals surface area contributed by atoms with Crippen molar-refractivity contribution in [2.24, 2.45) is 5.92 Å². The molecule has 0 aromatic heterocycles. The van der Waals surface area contributed by atoms with Crippen LogP contribution in [0.1, 0.15) is 29.6 Å². The molecule has 1 aliphatic carbocycles. The van der Waals surface area contributed by atoms with Gasteiger partial charge in [-0.2, -0.15) is 0 Å². The van der Waals surface area contributed by atoms with Crippen molar-refractivity contribution in [3.05, 3.63) is 29.6 Å². The molecule has 1 aliphatic rings. The number of benzene rings is 1. The first-order chi connectivity index (χ1) is 8.09. The van der Waals surface area contributed by atoms with E-state index < -0.39 is 11.7 Å². The van der Waals surface area contributed by atoms with Gasteiger partial charge in [0.2, 0.25) is 0 Å². The smallest absolute Gasteiger partial charge is 0.260 e. The molecule has 4 heteroatoms. The van der Waals surface area contributed by atoms with Crippen LogP contribution in [0.15, 0.2) is 18.2 Å². The molecule has 1 amide bonds. The van der Waals surface area contributed by atoms with E-state index in [-0.39, 0.29) is 11.3 Å². The van der Waals surface area contributed by atoms with Gasteiger partial charge in [0, 0.05) is 13.6 Å². The third kappa shape index (κ3) is 2.40. The van der Waals surface area contributed by atoms with Crippen molar-refractivity contribution >= 4 is 5.91 Å². The number of phenolic OH excluding ortho intramolecular Hbond substituents is 1. The van der Waals surface area contributed by atoms with Gasteiger partial charge in [0.1, 0.15) is 17.1 Å². The van der Waals surface area contributed by atoms with Gasteiger partial charge in [-0.1, -0.05) is 12.5 Å². The minimum absolute atomic E-state index is 0.227. The highest BCUT2D eigenvalue weighted by atomic mass is 19.1. The zero-order chi connectivity index (χ0) is 12.4. The zero-order valence-corrected chi connectivity index (χ0v) is 9.82. The normalized spacial score (nSPS) is 15.4. The lowest BCUT2D eigenvalue weighted by Gasteiger charge is -2.30. The lowest BCUT2D eigenvalue weighted by Crippen LogP contribution is -2.34. The Hall–Kier alpha value is -1.58. The van der Waals surface area contributed by atoms with Crippen LogP contribution in [-0.2, 0) is 0 Å². The van der Waals surface area contributed by atoms with Crippen LogP contribution in [-0.4, -0.2) is 29.5 Å². The van der Waals surface area contributed by atoms with E-state index in [1.807, 2.05) is 0 Å². The topological polar surface area (TPSA) is 40.5 Å². The zero-order valence-electron chi connectivity index (χ0n) is 9.82. The molecule has 17 heavy (non-hydrogen) atoms. The molecule has 0 radical (unpaired) electrons. The molecule has 1 saturated carbocycles. The van der Waals surface area contributed by atoms with Crippen LogP contribution in [0.2, 0.25) is 0 Å². The molecule has 0 bridgehead atoms. The van der Waals surface area contributed by atoms with Gasteiger partial charge in [-0.3, -0.25) is 4.79 Å². The average Bonchev–Trinajstić information content (AvgIpc) is 2.22. The molecular formula is C13H16FNO2. The number of phenols is 1. The highest BCUT2D eigenvalue weighted by Gasteiger charge is 2.25. The van der Waals surface area contributed by atoms with Crippen molar-refractivity contribution in [3.8, 4) is 5.75 Å². The van der Waals surface area contributed by atoms with E-state index in [1.165, 1.54) is 29.5 Å². The van der Waals surface area contributed by atoms with Crippen LogP contribution >= 0.6 is 0 Å². The Morgan fingerprint density at radius 2 is 2.24 bits per heavy atom. The molecule has 1 fully saturated rings. The van der Waals surface area contributed by atoms with E-state index in [0.29, 0.717) is 12.5 Å². The molecule has 0 spiro atoms. The Balaban J connectivity index is 2.12. The molecule has 1 N–H and O–H groups in total. The van der Waals surface area contributed by atoms with Crippen molar-refractivity contribution in [3.63, 3.8) is 0 Å². The van der Waals surface area contributed by atoms with Crippen LogP contribution in [0.25, 0.3) is 0 Å². The number of hydrogen-bond acceptors (Lipinski definition) is 2. The van der Waals surface area contributed by atoms with Gasteiger partial charge in [-0.05, 0) is 30.9 Å². The van der Waals surface area contributed by atoms with E-state index in [9.17, 15) is 14.3 Å². The molecule has 2 rings (SSSR count). The van der Waals surface area contributed by atoms with Crippen LogP contribution in [0.3, 0.4) is 0 Å². The predicted molar refractivity (Wildman–Crippen MR) is 62.4 cm³/mol. The third-order valence-electron chi connectivity index (χ3n) is 3.31. The summed E-state index contributed by atoms with van der Waals surface area (Å²) in [4.78, 5) is 13.5. The van der Waals surface area contributed by atoms with Gasteiger partial charge < -0.3 is 10.0 Å². The summed E-state index contributed by atoms with van der Waals surface area (Å²) in [5.74, 6) is -0.892. The Kier molecular flexibility index (Phi) is 3.31. The van der Waals surface area contributed by atoms with Crippen molar-refractivity contribution < 1.29 is 14.3 Å². The van der Waals surface area contributed by atoms with Gasteiger partial charge in [-0.15, -0.1) is 0 Å². The Labute approximate surface area is 99.9 Å². The summed E-state index contributed by atoms with van der Waals surface area (Å²) >= 11 is 0. The van der Waals surface area contributed by atoms with Crippen LogP contribution in [0.4, 0.5) is 4.39 Å². The monoisotopic (exact) mass is 237 g/mol. The maximum Gasteiger partial charge on any atom is 0.260 e. The molecular weight excluding hydrogens is 221 g/mol. The standard InChI is InChI=1S/C13H16FNO2/c1-15(8-9-4-2-5-9)13(17)12-10(14)6-3-7-11(12)16/h3,6-7,9,16H,2,4-5,8H2,1H3. The number of aromatic hydroxyl groups is 1. The fraction of sp³-hybridized carbons (Fsp3) is 0.462. The number of carbonyl (C=O) groups is 1. The van der Waals surface area contributed by atoms with E-state index >= 15 is 0 Å². The number of halogens is 1. The maximum absolute atomic E-state index is 13.5. The minimum Gasteiger partial charge on any atom is -0.507 e. The lowest BCUT2D eigenvalue weighted by atomic mass is 9.85. The first-order valence-corrected chi connectivity index (χ1v) is 5.82. The average molecular weight is 237 g/mol.